The van der Waals surface area contributed by atoms with Gasteiger partial charge in [0.05, 0.1) is 25.1 Å². The van der Waals surface area contributed by atoms with E-state index < -0.39 is 0 Å². The van der Waals surface area contributed by atoms with Gasteiger partial charge in [-0.05, 0) is 50.6 Å². The summed E-state index contributed by atoms with van der Waals surface area (Å²) in [5.74, 6) is 0.871. The monoisotopic (exact) mass is 315 g/mol. The Kier molecular flexibility index (Phi) is 5.72. The molecule has 2 aromatic rings. The van der Waals surface area contributed by atoms with E-state index in [1.54, 1.807) is 11.3 Å². The Morgan fingerprint density at radius 2 is 2.09 bits per heavy atom. The minimum atomic E-state index is 0.624. The summed E-state index contributed by atoms with van der Waals surface area (Å²) in [4.78, 5) is 5.40. The van der Waals surface area contributed by atoms with Crippen LogP contribution in [-0.4, -0.2) is 24.0 Å². The summed E-state index contributed by atoms with van der Waals surface area (Å²) < 4.78 is 7.28. The van der Waals surface area contributed by atoms with Crippen LogP contribution >= 0.6 is 11.3 Å². The summed E-state index contributed by atoms with van der Waals surface area (Å²) in [6.45, 7) is 11.1. The maximum Gasteiger partial charge on any atom is 0.206 e. The number of thiazole rings is 1. The van der Waals surface area contributed by atoms with Gasteiger partial charge in [0.2, 0.25) is 4.80 Å². The molecular weight excluding hydrogens is 294 g/mol. The summed E-state index contributed by atoms with van der Waals surface area (Å²) in [5.41, 5.74) is 3.12. The van der Waals surface area contributed by atoms with Crippen LogP contribution in [0, 0.1) is 6.92 Å². The van der Waals surface area contributed by atoms with E-state index in [-0.39, 0.29) is 0 Å². The highest BCUT2D eigenvalue weighted by Gasteiger charge is 1.99. The largest absolute Gasteiger partial charge is 0.494 e. The van der Waals surface area contributed by atoms with Gasteiger partial charge in [0, 0.05) is 5.38 Å². The lowest BCUT2D eigenvalue weighted by atomic mass is 10.2. The third-order valence-electron chi connectivity index (χ3n) is 2.85. The summed E-state index contributed by atoms with van der Waals surface area (Å²) in [6, 6.07) is 7.87. The lowest BCUT2D eigenvalue weighted by Crippen LogP contribution is -2.13. The molecule has 0 N–H and O–H groups in total. The number of hydrogen-bond donors (Lipinski definition) is 0. The predicted octanol–water partition coefficient (Wildman–Crippen LogP) is 3.62. The second kappa shape index (κ2) is 7.75. The summed E-state index contributed by atoms with van der Waals surface area (Å²) in [5, 5.41) is 6.58. The zero-order valence-corrected chi connectivity index (χ0v) is 14.1. The first-order chi connectivity index (χ1) is 10.6. The lowest BCUT2D eigenvalue weighted by Gasteiger charge is -2.02. The first-order valence-electron chi connectivity index (χ1n) is 7.19. The molecule has 0 aliphatic heterocycles. The Hall–Kier alpha value is -2.14. The van der Waals surface area contributed by atoms with E-state index in [1.807, 2.05) is 61.3 Å². The van der Waals surface area contributed by atoms with E-state index in [0.29, 0.717) is 13.2 Å². The number of ether oxygens (including phenoxy) is 1. The quantitative estimate of drug-likeness (QED) is 0.593. The van der Waals surface area contributed by atoms with Crippen LogP contribution < -0.4 is 9.54 Å². The fourth-order valence-corrected chi connectivity index (χ4v) is 2.58. The predicted molar refractivity (Wildman–Crippen MR) is 92.9 cm³/mol. The molecule has 0 amide bonds. The maximum atomic E-state index is 5.43. The molecule has 22 heavy (non-hydrogen) atoms. The van der Waals surface area contributed by atoms with Crippen molar-refractivity contribution in [2.75, 3.05) is 13.2 Å². The lowest BCUT2D eigenvalue weighted by molar-refractivity contribution is 0.340. The van der Waals surface area contributed by atoms with Crippen molar-refractivity contribution < 1.29 is 4.74 Å². The molecule has 1 aromatic carbocycles. The van der Waals surface area contributed by atoms with Gasteiger partial charge in [-0.1, -0.05) is 12.2 Å². The van der Waals surface area contributed by atoms with Crippen LogP contribution in [-0.2, 0) is 0 Å². The Balaban J connectivity index is 2.21. The molecule has 1 aromatic heterocycles. The minimum Gasteiger partial charge on any atom is -0.494 e. The molecular formula is C17H21N3OS. The molecule has 0 spiro atoms. The zero-order chi connectivity index (χ0) is 15.9. The van der Waals surface area contributed by atoms with Crippen LogP contribution in [0.3, 0.4) is 0 Å². The van der Waals surface area contributed by atoms with Crippen molar-refractivity contribution in [2.24, 2.45) is 10.1 Å². The standard InChI is InChI=1S/C17H21N3OS/c1-5-21-16-8-6-15(7-9-16)11-19-20-14(4)12-22-17(20)18-10-13(2)3/h6-9,11-12H,2,5,10H2,1,3-4H3. The summed E-state index contributed by atoms with van der Waals surface area (Å²) in [6.07, 6.45) is 1.83. The first-order valence-corrected chi connectivity index (χ1v) is 8.07. The second-order valence-corrected chi connectivity index (χ2v) is 5.83. The smallest absolute Gasteiger partial charge is 0.206 e. The molecule has 0 radical (unpaired) electrons. The highest BCUT2D eigenvalue weighted by Crippen LogP contribution is 2.11. The Labute approximate surface area is 135 Å². The van der Waals surface area contributed by atoms with Gasteiger partial charge >= 0.3 is 0 Å². The third-order valence-corrected chi connectivity index (χ3v) is 3.82. The minimum absolute atomic E-state index is 0.624. The highest BCUT2D eigenvalue weighted by atomic mass is 32.1. The van der Waals surface area contributed by atoms with Gasteiger partial charge in [-0.25, -0.2) is 4.68 Å². The SMILES string of the molecule is C=C(C)CN=c1scc(C)n1N=Cc1ccc(OCC)cc1. The summed E-state index contributed by atoms with van der Waals surface area (Å²) in [7, 11) is 0. The van der Waals surface area contributed by atoms with Crippen LogP contribution in [0.2, 0.25) is 0 Å². The Morgan fingerprint density at radius 1 is 1.36 bits per heavy atom. The molecule has 4 nitrogen and oxygen atoms in total. The topological polar surface area (TPSA) is 38.9 Å². The second-order valence-electron chi connectivity index (χ2n) is 4.99. The van der Waals surface area contributed by atoms with E-state index in [1.165, 1.54) is 0 Å². The van der Waals surface area contributed by atoms with Gasteiger partial charge in [0.25, 0.3) is 0 Å². The van der Waals surface area contributed by atoms with Crippen LogP contribution in [0.1, 0.15) is 25.1 Å². The van der Waals surface area contributed by atoms with Crippen molar-refractivity contribution in [1.82, 2.24) is 4.68 Å². The Morgan fingerprint density at radius 3 is 2.73 bits per heavy atom. The van der Waals surface area contributed by atoms with Crippen molar-refractivity contribution in [3.05, 3.63) is 57.9 Å². The van der Waals surface area contributed by atoms with Crippen LogP contribution in [0.4, 0.5) is 0 Å². The average Bonchev–Trinajstić information content (AvgIpc) is 2.85. The van der Waals surface area contributed by atoms with E-state index >= 15 is 0 Å². The molecule has 0 saturated heterocycles. The molecule has 5 heteroatoms. The van der Waals surface area contributed by atoms with Crippen molar-refractivity contribution >= 4 is 17.6 Å². The highest BCUT2D eigenvalue weighted by molar-refractivity contribution is 7.07. The number of nitrogens with zero attached hydrogens (tertiary/aromatic N) is 3. The summed E-state index contributed by atoms with van der Waals surface area (Å²) >= 11 is 1.58. The van der Waals surface area contributed by atoms with Gasteiger partial charge in [-0.15, -0.1) is 11.3 Å². The molecule has 0 bridgehead atoms. The van der Waals surface area contributed by atoms with Gasteiger partial charge in [0.1, 0.15) is 5.75 Å². The van der Waals surface area contributed by atoms with E-state index in [9.17, 15) is 0 Å². The van der Waals surface area contributed by atoms with Gasteiger partial charge in [-0.3, -0.25) is 4.99 Å². The molecule has 116 valence electrons. The van der Waals surface area contributed by atoms with Crippen molar-refractivity contribution in [3.63, 3.8) is 0 Å². The first kappa shape index (κ1) is 16.2. The van der Waals surface area contributed by atoms with Crippen molar-refractivity contribution in [1.29, 1.82) is 0 Å². The molecule has 0 fully saturated rings. The van der Waals surface area contributed by atoms with Crippen LogP contribution in [0.15, 0.2) is 51.9 Å². The number of benzene rings is 1. The number of aromatic nitrogens is 1. The molecule has 0 aliphatic carbocycles. The van der Waals surface area contributed by atoms with Gasteiger partial charge < -0.3 is 4.74 Å². The molecule has 0 aliphatic rings. The maximum absolute atomic E-state index is 5.43. The van der Waals surface area contributed by atoms with Crippen LogP contribution in [0.25, 0.3) is 0 Å². The van der Waals surface area contributed by atoms with Crippen molar-refractivity contribution in [2.45, 2.75) is 20.8 Å². The third kappa shape index (κ3) is 4.43. The fourth-order valence-electron chi connectivity index (χ4n) is 1.78. The number of rotatable bonds is 6. The van der Waals surface area contributed by atoms with Gasteiger partial charge in [-0.2, -0.15) is 5.10 Å². The number of aryl methyl sites for hydroxylation is 1. The normalized spacial score (nSPS) is 12.0. The van der Waals surface area contributed by atoms with Crippen molar-refractivity contribution in [3.8, 4) is 5.75 Å². The number of hydrogen-bond acceptors (Lipinski definition) is 4. The van der Waals surface area contributed by atoms with E-state index in [0.717, 1.165) is 27.4 Å². The van der Waals surface area contributed by atoms with Gasteiger partial charge in [0.15, 0.2) is 0 Å². The molecule has 0 saturated carbocycles. The van der Waals surface area contributed by atoms with Crippen LogP contribution in [0.5, 0.6) is 5.75 Å². The molecule has 0 unspecified atom stereocenters. The molecule has 0 atom stereocenters. The fraction of sp³-hybridized carbons (Fsp3) is 0.294. The van der Waals surface area contributed by atoms with E-state index in [4.69, 9.17) is 4.74 Å². The average molecular weight is 315 g/mol. The zero-order valence-electron chi connectivity index (χ0n) is 13.2. The molecule has 1 heterocycles. The Bertz CT molecular complexity index is 723. The van der Waals surface area contributed by atoms with E-state index in [2.05, 4.69) is 16.7 Å². The molecule has 2 rings (SSSR count).